The van der Waals surface area contributed by atoms with Crippen LogP contribution < -0.4 is 21.4 Å². The van der Waals surface area contributed by atoms with E-state index < -0.39 is 34.2 Å². The molecule has 0 aromatic carbocycles. The van der Waals surface area contributed by atoms with Crippen molar-refractivity contribution in [3.63, 3.8) is 0 Å². The summed E-state index contributed by atoms with van der Waals surface area (Å²) in [4.78, 5) is 31.9. The standard InChI is InChI=1S/C27H42Cl2F2N4O5/c1-15-32-25(40-35-15)18-12-26(33-23(36)13-38-16-2-4-19(28)21(30)10-16)6-8-27(18,9-7-26)34-24(37)14-39-17-3-5-20(29)22(31)11-17/h15-22,25,32,35H,2-14H2,1H3,(H,33,36)(H,34,37)/t15?,16?,17?,18-,19?,20?,21?,22?,25?,26?,27?/m1/s1. The molecule has 1 saturated heterocycles. The first-order valence-corrected chi connectivity index (χ1v) is 15.5. The Morgan fingerprint density at radius 3 is 1.95 bits per heavy atom. The van der Waals surface area contributed by atoms with Gasteiger partial charge in [0.25, 0.3) is 0 Å². The van der Waals surface area contributed by atoms with E-state index >= 15 is 0 Å². The maximum absolute atomic E-state index is 14.0. The predicted molar refractivity (Wildman–Crippen MR) is 145 cm³/mol. The highest BCUT2D eigenvalue weighted by atomic mass is 35.5. The van der Waals surface area contributed by atoms with Crippen LogP contribution in [0, 0.1) is 5.92 Å². The van der Waals surface area contributed by atoms with Gasteiger partial charge in [-0.05, 0) is 64.7 Å². The number of alkyl halides is 4. The third-order valence-electron chi connectivity index (χ3n) is 9.55. The van der Waals surface area contributed by atoms with Crippen molar-refractivity contribution in [3.8, 4) is 0 Å². The molecule has 6 fully saturated rings. The second-order valence-corrected chi connectivity index (χ2v) is 13.6. The SMILES string of the molecule is CC1NOC([C@H]2CC3(NC(=O)COC4CCC(Cl)C(F)C4)CCC2(NC(=O)COC2CCC(Cl)C(F)C2)CC3)N1. The summed E-state index contributed by atoms with van der Waals surface area (Å²) in [5.41, 5.74) is 1.97. The van der Waals surface area contributed by atoms with Crippen molar-refractivity contribution in [3.05, 3.63) is 0 Å². The monoisotopic (exact) mass is 610 g/mol. The summed E-state index contributed by atoms with van der Waals surface area (Å²) >= 11 is 11.9. The summed E-state index contributed by atoms with van der Waals surface area (Å²) in [6, 6.07) is 0. The van der Waals surface area contributed by atoms with Crippen LogP contribution in [0.15, 0.2) is 0 Å². The highest BCUT2D eigenvalue weighted by Crippen LogP contribution is 2.52. The van der Waals surface area contributed by atoms with E-state index in [1.807, 2.05) is 6.92 Å². The van der Waals surface area contributed by atoms with E-state index in [2.05, 4.69) is 21.4 Å². The molecule has 4 N–H and O–H groups in total. The van der Waals surface area contributed by atoms with Crippen LogP contribution in [-0.4, -0.2) is 83.8 Å². The van der Waals surface area contributed by atoms with Gasteiger partial charge in [-0.3, -0.25) is 19.7 Å². The number of rotatable bonds is 9. The van der Waals surface area contributed by atoms with Crippen LogP contribution >= 0.6 is 23.2 Å². The number of amides is 2. The lowest BCUT2D eigenvalue weighted by Gasteiger charge is -2.59. The molecule has 0 aromatic rings. The molecular formula is C27H42Cl2F2N4O5. The summed E-state index contributed by atoms with van der Waals surface area (Å²) in [7, 11) is 0. The van der Waals surface area contributed by atoms with Crippen molar-refractivity contribution in [1.29, 1.82) is 0 Å². The topological polar surface area (TPSA) is 110 Å². The molecule has 1 aliphatic heterocycles. The van der Waals surface area contributed by atoms with Crippen LogP contribution in [-0.2, 0) is 23.9 Å². The molecule has 9 atom stereocenters. The quantitative estimate of drug-likeness (QED) is 0.297. The number of carbonyl (C=O) groups excluding carboxylic acids is 2. The average Bonchev–Trinajstić information content (AvgIpc) is 3.36. The molecule has 5 aliphatic carbocycles. The van der Waals surface area contributed by atoms with Gasteiger partial charge in [-0.2, -0.15) is 5.48 Å². The lowest BCUT2D eigenvalue weighted by Crippen LogP contribution is -2.71. The summed E-state index contributed by atoms with van der Waals surface area (Å²) in [5, 5.41) is 8.88. The maximum atomic E-state index is 14.0. The third-order valence-corrected chi connectivity index (χ3v) is 10.5. The molecule has 2 bridgehead atoms. The Hall–Kier alpha value is -0.820. The number of ether oxygens (including phenoxy) is 2. The normalized spacial score (nSPS) is 45.3. The fraction of sp³-hybridized carbons (Fsp3) is 0.926. The van der Waals surface area contributed by atoms with E-state index in [0.717, 1.165) is 0 Å². The van der Waals surface area contributed by atoms with Gasteiger partial charge in [-0.25, -0.2) is 8.78 Å². The van der Waals surface area contributed by atoms with Crippen molar-refractivity contribution in [2.75, 3.05) is 13.2 Å². The van der Waals surface area contributed by atoms with Crippen molar-refractivity contribution < 1.29 is 32.7 Å². The molecule has 6 aliphatic rings. The average molecular weight is 612 g/mol. The number of hydroxylamine groups is 1. The minimum absolute atomic E-state index is 0.0615. The lowest BCUT2D eigenvalue weighted by molar-refractivity contribution is -0.144. The first-order chi connectivity index (χ1) is 19.1. The lowest BCUT2D eigenvalue weighted by atomic mass is 9.55. The second kappa shape index (κ2) is 12.8. The summed E-state index contributed by atoms with van der Waals surface area (Å²) in [5.74, 6) is -0.582. The van der Waals surface area contributed by atoms with Gasteiger partial charge >= 0.3 is 0 Å². The van der Waals surface area contributed by atoms with Crippen molar-refractivity contribution >= 4 is 35.0 Å². The van der Waals surface area contributed by atoms with Crippen molar-refractivity contribution in [1.82, 2.24) is 21.4 Å². The van der Waals surface area contributed by atoms with E-state index in [1.165, 1.54) is 0 Å². The predicted octanol–water partition coefficient (Wildman–Crippen LogP) is 3.12. The maximum Gasteiger partial charge on any atom is 0.246 e. The van der Waals surface area contributed by atoms with Gasteiger partial charge in [-0.1, -0.05) is 0 Å². The van der Waals surface area contributed by atoms with Crippen LogP contribution in [0.1, 0.15) is 77.6 Å². The summed E-state index contributed by atoms with van der Waals surface area (Å²) in [6.45, 7) is 1.68. The number of halogens is 4. The Morgan fingerprint density at radius 1 is 0.900 bits per heavy atom. The van der Waals surface area contributed by atoms with Crippen LogP contribution in [0.5, 0.6) is 0 Å². The Kier molecular flexibility index (Phi) is 9.81. The minimum atomic E-state index is -1.13. The van der Waals surface area contributed by atoms with Gasteiger partial charge < -0.3 is 20.1 Å². The van der Waals surface area contributed by atoms with Gasteiger partial charge in [0.15, 0.2) is 0 Å². The molecule has 2 amide bonds. The van der Waals surface area contributed by atoms with Crippen LogP contribution in [0.25, 0.3) is 0 Å². The zero-order valence-corrected chi connectivity index (χ0v) is 24.5. The molecule has 0 spiro atoms. The molecule has 9 nitrogen and oxygen atoms in total. The number of nitrogens with one attached hydrogen (secondary N) is 4. The molecular weight excluding hydrogens is 569 g/mol. The van der Waals surface area contributed by atoms with Gasteiger partial charge in [0, 0.05) is 29.8 Å². The largest absolute Gasteiger partial charge is 0.368 e. The zero-order valence-electron chi connectivity index (χ0n) is 22.9. The highest BCUT2D eigenvalue weighted by molar-refractivity contribution is 6.21. The first kappa shape index (κ1) is 30.6. The number of fused-ring (bicyclic) bond motifs is 3. The van der Waals surface area contributed by atoms with E-state index in [-0.39, 0.29) is 68.4 Å². The van der Waals surface area contributed by atoms with E-state index in [0.29, 0.717) is 57.8 Å². The van der Waals surface area contributed by atoms with Gasteiger partial charge in [0.05, 0.1) is 29.1 Å². The van der Waals surface area contributed by atoms with Gasteiger partial charge in [-0.15, -0.1) is 23.2 Å². The smallest absolute Gasteiger partial charge is 0.246 e. The molecule has 40 heavy (non-hydrogen) atoms. The fourth-order valence-corrected chi connectivity index (χ4v) is 7.72. The third kappa shape index (κ3) is 7.03. The second-order valence-electron chi connectivity index (χ2n) is 12.4. The molecule has 8 unspecified atom stereocenters. The summed E-state index contributed by atoms with van der Waals surface area (Å²) < 4.78 is 39.5. The highest BCUT2D eigenvalue weighted by Gasteiger charge is 2.59. The van der Waals surface area contributed by atoms with Crippen molar-refractivity contribution in [2.24, 2.45) is 5.92 Å². The zero-order chi connectivity index (χ0) is 28.5. The van der Waals surface area contributed by atoms with Crippen LogP contribution in [0.4, 0.5) is 8.78 Å². The first-order valence-electron chi connectivity index (χ1n) is 14.7. The molecule has 228 valence electrons. The Bertz CT molecular complexity index is 914. The number of carbonyl (C=O) groups is 2. The number of hydrogen-bond donors (Lipinski definition) is 4. The minimum Gasteiger partial charge on any atom is -0.368 e. The Labute approximate surface area is 244 Å². The van der Waals surface area contributed by atoms with Crippen LogP contribution in [0.3, 0.4) is 0 Å². The van der Waals surface area contributed by atoms with Gasteiger partial charge in [0.1, 0.15) is 31.8 Å². The van der Waals surface area contributed by atoms with Crippen LogP contribution in [0.2, 0.25) is 0 Å². The molecule has 0 aromatic heterocycles. The Balaban J connectivity index is 1.17. The van der Waals surface area contributed by atoms with Crippen molar-refractivity contribution in [2.45, 2.75) is 136 Å². The molecule has 6 rings (SSSR count). The summed E-state index contributed by atoms with van der Waals surface area (Å²) in [6.07, 6.45) is 2.76. The van der Waals surface area contributed by atoms with E-state index in [4.69, 9.17) is 37.5 Å². The molecule has 13 heteroatoms. The fourth-order valence-electron chi connectivity index (χ4n) is 7.27. The Morgan fingerprint density at radius 2 is 1.45 bits per heavy atom. The van der Waals surface area contributed by atoms with E-state index in [9.17, 15) is 18.4 Å². The number of hydrogen-bond acceptors (Lipinski definition) is 7. The molecule has 1 heterocycles. The molecule has 0 radical (unpaired) electrons. The molecule has 5 saturated carbocycles. The van der Waals surface area contributed by atoms with Gasteiger partial charge in [0.2, 0.25) is 11.8 Å². The van der Waals surface area contributed by atoms with E-state index in [1.54, 1.807) is 0 Å².